The summed E-state index contributed by atoms with van der Waals surface area (Å²) in [6.07, 6.45) is 0. The van der Waals surface area contributed by atoms with Gasteiger partial charge in [0.2, 0.25) is 0 Å². The van der Waals surface area contributed by atoms with Gasteiger partial charge in [0.15, 0.2) is 0 Å². The number of fused-ring (bicyclic) bond motifs is 8. The number of hydrogen-bond acceptors (Lipinski definition) is 3. The Hall–Kier alpha value is -3.01. The second kappa shape index (κ2) is 5.74. The Bertz CT molecular complexity index is 1140. The van der Waals surface area contributed by atoms with Gasteiger partial charge in [-0.3, -0.25) is 5.01 Å². The Labute approximate surface area is 168 Å². The summed E-state index contributed by atoms with van der Waals surface area (Å²) in [6, 6.07) is 34.7. The number of rotatable bonds is 0. The summed E-state index contributed by atoms with van der Waals surface area (Å²) >= 11 is 1.86. The van der Waals surface area contributed by atoms with Crippen LogP contribution in [0, 0.1) is 0 Å². The maximum atomic E-state index is 6.62. The molecule has 28 heavy (non-hydrogen) atoms. The van der Waals surface area contributed by atoms with Crippen LogP contribution in [0.3, 0.4) is 0 Å². The number of hydrogen-bond donors (Lipinski definition) is 1. The van der Waals surface area contributed by atoms with Crippen LogP contribution in [0.1, 0.15) is 22.3 Å². The number of nitrogens with two attached hydrogens (primary N) is 1. The van der Waals surface area contributed by atoms with Crippen LogP contribution in [-0.4, -0.2) is 0 Å². The zero-order valence-electron chi connectivity index (χ0n) is 15.2. The minimum atomic E-state index is -0.374. The molecule has 0 aromatic heterocycles. The second-order valence-corrected chi connectivity index (χ2v) is 8.33. The fourth-order valence-corrected chi connectivity index (χ4v) is 6.04. The summed E-state index contributed by atoms with van der Waals surface area (Å²) in [6.45, 7) is 0. The van der Waals surface area contributed by atoms with Crippen molar-refractivity contribution in [1.29, 1.82) is 0 Å². The van der Waals surface area contributed by atoms with E-state index in [9.17, 15) is 0 Å². The standard InChI is InChI=1S/C25H18N2S/c26-27-21-13-5-1-9-17(21)25(18-10-2-6-14-22(18)27)19-11-3-7-15-23(19)28-24-16-8-4-12-20(24)25/h1-16H,26H2. The first kappa shape index (κ1) is 16.0. The van der Waals surface area contributed by atoms with E-state index in [0.29, 0.717) is 0 Å². The molecule has 0 aliphatic carbocycles. The highest BCUT2D eigenvalue weighted by Gasteiger charge is 2.49. The van der Waals surface area contributed by atoms with Gasteiger partial charge in [0.1, 0.15) is 0 Å². The summed E-state index contributed by atoms with van der Waals surface area (Å²) in [5, 5.41) is 1.84. The molecule has 0 atom stereocenters. The molecule has 3 heteroatoms. The van der Waals surface area contributed by atoms with E-state index < -0.39 is 0 Å². The number of para-hydroxylation sites is 2. The first-order valence-electron chi connectivity index (χ1n) is 9.42. The van der Waals surface area contributed by atoms with Crippen LogP contribution in [0.5, 0.6) is 0 Å². The molecular weight excluding hydrogens is 360 g/mol. The van der Waals surface area contributed by atoms with E-state index in [-0.39, 0.29) is 5.41 Å². The van der Waals surface area contributed by atoms with Crippen LogP contribution in [-0.2, 0) is 5.41 Å². The summed E-state index contributed by atoms with van der Waals surface area (Å²) in [5.41, 5.74) is 6.85. The van der Waals surface area contributed by atoms with Crippen molar-refractivity contribution in [2.24, 2.45) is 5.84 Å². The molecule has 0 saturated carbocycles. The van der Waals surface area contributed by atoms with Crippen LogP contribution >= 0.6 is 11.8 Å². The normalized spacial score (nSPS) is 15.4. The van der Waals surface area contributed by atoms with Gasteiger partial charge in [-0.05, 0) is 46.5 Å². The number of nitrogens with zero attached hydrogens (tertiary/aromatic N) is 1. The van der Waals surface area contributed by atoms with Crippen LogP contribution in [0.15, 0.2) is 107 Å². The lowest BCUT2D eigenvalue weighted by atomic mass is 9.62. The molecule has 2 nitrogen and oxygen atoms in total. The molecular formula is C25H18N2S. The maximum absolute atomic E-state index is 6.62. The van der Waals surface area contributed by atoms with Gasteiger partial charge in [-0.15, -0.1) is 0 Å². The molecule has 2 aliphatic rings. The van der Waals surface area contributed by atoms with Crippen molar-refractivity contribution in [1.82, 2.24) is 0 Å². The molecule has 0 fully saturated rings. The van der Waals surface area contributed by atoms with Gasteiger partial charge < -0.3 is 0 Å². The number of hydrazine groups is 1. The minimum absolute atomic E-state index is 0.374. The molecule has 4 aromatic rings. The lowest BCUT2D eigenvalue weighted by Gasteiger charge is -2.47. The van der Waals surface area contributed by atoms with Gasteiger partial charge >= 0.3 is 0 Å². The Morgan fingerprint density at radius 2 is 0.929 bits per heavy atom. The molecule has 6 rings (SSSR count). The summed E-state index contributed by atoms with van der Waals surface area (Å²) in [5.74, 6) is 6.62. The summed E-state index contributed by atoms with van der Waals surface area (Å²) in [7, 11) is 0. The molecule has 0 saturated heterocycles. The van der Waals surface area contributed by atoms with Crippen molar-refractivity contribution < 1.29 is 0 Å². The van der Waals surface area contributed by atoms with E-state index in [1.807, 2.05) is 16.8 Å². The largest absolute Gasteiger partial charge is 0.279 e. The number of benzene rings is 4. The lowest BCUT2D eigenvalue weighted by molar-refractivity contribution is 0.685. The van der Waals surface area contributed by atoms with Gasteiger partial charge in [0, 0.05) is 9.79 Å². The van der Waals surface area contributed by atoms with E-state index in [4.69, 9.17) is 5.84 Å². The first-order chi connectivity index (χ1) is 13.8. The fraction of sp³-hybridized carbons (Fsp3) is 0.0400. The zero-order chi connectivity index (χ0) is 18.7. The molecule has 0 unspecified atom stereocenters. The third-order valence-corrected chi connectivity index (χ3v) is 7.09. The minimum Gasteiger partial charge on any atom is -0.279 e. The Balaban J connectivity index is 1.86. The van der Waals surface area contributed by atoms with E-state index in [1.165, 1.54) is 32.0 Å². The van der Waals surface area contributed by atoms with Gasteiger partial charge in [0.25, 0.3) is 0 Å². The molecule has 2 heterocycles. The molecule has 0 amide bonds. The van der Waals surface area contributed by atoms with E-state index >= 15 is 0 Å². The van der Waals surface area contributed by atoms with E-state index in [1.54, 1.807) is 0 Å². The van der Waals surface area contributed by atoms with Gasteiger partial charge in [0.05, 0.1) is 16.8 Å². The highest BCUT2D eigenvalue weighted by atomic mass is 32.2. The van der Waals surface area contributed by atoms with Crippen molar-refractivity contribution in [2.45, 2.75) is 15.2 Å². The topological polar surface area (TPSA) is 29.3 Å². The Morgan fingerprint density at radius 3 is 1.43 bits per heavy atom. The van der Waals surface area contributed by atoms with Gasteiger partial charge in [-0.2, -0.15) is 0 Å². The third kappa shape index (κ3) is 1.88. The van der Waals surface area contributed by atoms with Crippen molar-refractivity contribution in [3.05, 3.63) is 119 Å². The first-order valence-corrected chi connectivity index (χ1v) is 10.2. The lowest BCUT2D eigenvalue weighted by Crippen LogP contribution is -2.42. The van der Waals surface area contributed by atoms with Crippen molar-refractivity contribution in [3.63, 3.8) is 0 Å². The molecule has 0 bridgehead atoms. The van der Waals surface area contributed by atoms with Gasteiger partial charge in [-0.1, -0.05) is 84.6 Å². The summed E-state index contributed by atoms with van der Waals surface area (Å²) in [4.78, 5) is 2.60. The van der Waals surface area contributed by atoms with Crippen molar-refractivity contribution in [3.8, 4) is 0 Å². The van der Waals surface area contributed by atoms with Crippen LogP contribution < -0.4 is 10.9 Å². The summed E-state index contributed by atoms with van der Waals surface area (Å²) < 4.78 is 0. The monoisotopic (exact) mass is 378 g/mol. The SMILES string of the molecule is NN1c2ccccc2C2(c3ccccc3Sc3ccccc32)c2ccccc21. The Kier molecular flexibility index (Phi) is 3.28. The highest BCUT2D eigenvalue weighted by Crippen LogP contribution is 2.60. The molecule has 1 spiro atoms. The van der Waals surface area contributed by atoms with Gasteiger partial charge in [-0.25, -0.2) is 5.84 Å². The average Bonchev–Trinajstić information content (AvgIpc) is 2.77. The average molecular weight is 379 g/mol. The molecule has 0 radical (unpaired) electrons. The number of anilines is 2. The highest BCUT2D eigenvalue weighted by molar-refractivity contribution is 7.99. The predicted octanol–water partition coefficient (Wildman–Crippen LogP) is 5.86. The van der Waals surface area contributed by atoms with Crippen LogP contribution in [0.25, 0.3) is 0 Å². The van der Waals surface area contributed by atoms with Crippen LogP contribution in [0.4, 0.5) is 11.4 Å². The maximum Gasteiger partial charge on any atom is 0.0764 e. The zero-order valence-corrected chi connectivity index (χ0v) is 16.0. The quantitative estimate of drug-likeness (QED) is 0.342. The van der Waals surface area contributed by atoms with E-state index in [0.717, 1.165) is 11.4 Å². The molecule has 2 N–H and O–H groups in total. The molecule has 134 valence electrons. The third-order valence-electron chi connectivity index (χ3n) is 5.94. The Morgan fingerprint density at radius 1 is 0.536 bits per heavy atom. The second-order valence-electron chi connectivity index (χ2n) is 7.25. The van der Waals surface area contributed by atoms with Crippen LogP contribution in [0.2, 0.25) is 0 Å². The van der Waals surface area contributed by atoms with Crippen molar-refractivity contribution >= 4 is 23.1 Å². The molecule has 4 aromatic carbocycles. The smallest absolute Gasteiger partial charge is 0.0764 e. The molecule has 2 aliphatic heterocycles. The predicted molar refractivity (Wildman–Crippen MR) is 115 cm³/mol. The fourth-order valence-electron chi connectivity index (χ4n) is 4.85. The van der Waals surface area contributed by atoms with Crippen molar-refractivity contribution in [2.75, 3.05) is 5.01 Å². The van der Waals surface area contributed by atoms with E-state index in [2.05, 4.69) is 97.1 Å².